The maximum atomic E-state index is 5.87. The van der Waals surface area contributed by atoms with Gasteiger partial charge in [0.2, 0.25) is 0 Å². The lowest BCUT2D eigenvalue weighted by molar-refractivity contribution is 0.145. The van der Waals surface area contributed by atoms with Crippen molar-refractivity contribution < 1.29 is 9.47 Å². The van der Waals surface area contributed by atoms with Crippen molar-refractivity contribution in [3.63, 3.8) is 0 Å². The Labute approximate surface area is 201 Å². The number of ether oxygens (including phenoxy) is 2. The van der Waals surface area contributed by atoms with E-state index >= 15 is 0 Å². The molecule has 2 N–H and O–H groups in total. The van der Waals surface area contributed by atoms with Gasteiger partial charge in [-0.1, -0.05) is 19.1 Å². The summed E-state index contributed by atoms with van der Waals surface area (Å²) in [4.78, 5) is 10.8. The van der Waals surface area contributed by atoms with Gasteiger partial charge in [-0.3, -0.25) is 0 Å². The molecule has 0 aliphatic carbocycles. The molecule has 0 saturated heterocycles. The number of hydrogen-bond donors (Lipinski definition) is 2. The molecule has 0 radical (unpaired) electrons. The molecule has 0 aliphatic heterocycles. The molecule has 0 aliphatic rings. The third-order valence-corrected chi connectivity index (χ3v) is 5.50. The fourth-order valence-electron chi connectivity index (χ4n) is 2.88. The number of aliphatic imine (C=N–C) groups is 1. The van der Waals surface area contributed by atoms with Gasteiger partial charge in [0, 0.05) is 37.1 Å². The molecule has 8 heteroatoms. The number of rotatable bonds is 11. The van der Waals surface area contributed by atoms with Gasteiger partial charge >= 0.3 is 0 Å². The van der Waals surface area contributed by atoms with Crippen LogP contribution in [0.2, 0.25) is 0 Å². The van der Waals surface area contributed by atoms with E-state index in [0.717, 1.165) is 43.2 Å². The number of benzene rings is 1. The van der Waals surface area contributed by atoms with Crippen LogP contribution in [0, 0.1) is 13.8 Å². The van der Waals surface area contributed by atoms with Gasteiger partial charge in [0.25, 0.3) is 0 Å². The van der Waals surface area contributed by atoms with Crippen molar-refractivity contribution >= 4 is 41.3 Å². The minimum absolute atomic E-state index is 0. The number of aryl methyl sites for hydroxylation is 3. The van der Waals surface area contributed by atoms with Gasteiger partial charge < -0.3 is 20.1 Å². The summed E-state index contributed by atoms with van der Waals surface area (Å²) in [6.45, 7) is 11.7. The van der Waals surface area contributed by atoms with Gasteiger partial charge in [-0.2, -0.15) is 0 Å². The van der Waals surface area contributed by atoms with E-state index in [9.17, 15) is 0 Å². The van der Waals surface area contributed by atoms with Crippen LogP contribution in [-0.4, -0.2) is 44.4 Å². The third-order valence-electron chi connectivity index (χ3n) is 4.42. The van der Waals surface area contributed by atoms with E-state index in [1.807, 2.05) is 0 Å². The van der Waals surface area contributed by atoms with Crippen molar-refractivity contribution in [2.75, 3.05) is 33.4 Å². The van der Waals surface area contributed by atoms with E-state index in [1.54, 1.807) is 18.4 Å². The molecule has 30 heavy (non-hydrogen) atoms. The molecule has 0 saturated carbocycles. The Balaban J connectivity index is 0.00000450. The smallest absolute Gasteiger partial charge is 0.191 e. The van der Waals surface area contributed by atoms with E-state index in [-0.39, 0.29) is 24.0 Å². The summed E-state index contributed by atoms with van der Waals surface area (Å²) in [6, 6.07) is 6.22. The fourth-order valence-corrected chi connectivity index (χ4v) is 3.90. The summed E-state index contributed by atoms with van der Waals surface area (Å²) in [5.74, 6) is 1.67. The number of methoxy groups -OCH3 is 1. The van der Waals surface area contributed by atoms with Crippen LogP contribution in [0.25, 0.3) is 0 Å². The number of halogens is 1. The number of nitrogens with one attached hydrogen (secondary N) is 2. The van der Waals surface area contributed by atoms with Crippen molar-refractivity contribution in [2.45, 2.75) is 47.1 Å². The summed E-state index contributed by atoms with van der Waals surface area (Å²) in [5.41, 5.74) is 3.44. The Morgan fingerprint density at radius 3 is 2.63 bits per heavy atom. The second-order valence-electron chi connectivity index (χ2n) is 6.79. The molecule has 0 atom stereocenters. The minimum atomic E-state index is 0. The zero-order valence-corrected chi connectivity index (χ0v) is 21.9. The van der Waals surface area contributed by atoms with Crippen LogP contribution in [0.5, 0.6) is 5.75 Å². The molecule has 2 aromatic rings. The molecule has 2 rings (SSSR count). The van der Waals surface area contributed by atoms with Gasteiger partial charge in [-0.25, -0.2) is 9.98 Å². The number of aromatic nitrogens is 1. The average Bonchev–Trinajstić information content (AvgIpc) is 3.07. The lowest BCUT2D eigenvalue weighted by Crippen LogP contribution is -2.38. The largest absolute Gasteiger partial charge is 0.491 e. The maximum Gasteiger partial charge on any atom is 0.191 e. The van der Waals surface area contributed by atoms with Crippen LogP contribution >= 0.6 is 35.3 Å². The molecular formula is C22H35IN4O2S. The Bertz CT molecular complexity index is 795. The monoisotopic (exact) mass is 546 g/mol. The lowest BCUT2D eigenvalue weighted by Gasteiger charge is -2.13. The second-order valence-corrected chi connectivity index (χ2v) is 8.08. The molecule has 0 amide bonds. The van der Waals surface area contributed by atoms with Crippen LogP contribution in [-0.2, 0) is 24.1 Å². The number of thiazole rings is 1. The number of nitrogens with zero attached hydrogens (tertiary/aromatic N) is 2. The van der Waals surface area contributed by atoms with Crippen molar-refractivity contribution in [1.29, 1.82) is 0 Å². The van der Waals surface area contributed by atoms with Crippen LogP contribution in [0.15, 0.2) is 23.2 Å². The number of guanidine groups is 1. The highest BCUT2D eigenvalue weighted by Gasteiger charge is 2.07. The van der Waals surface area contributed by atoms with Gasteiger partial charge in [0.15, 0.2) is 5.96 Å². The second kappa shape index (κ2) is 14.6. The fraction of sp³-hybridized carbons (Fsp3) is 0.545. The minimum Gasteiger partial charge on any atom is -0.491 e. The van der Waals surface area contributed by atoms with E-state index in [0.29, 0.717) is 19.8 Å². The van der Waals surface area contributed by atoms with Gasteiger partial charge in [-0.15, -0.1) is 35.3 Å². The first kappa shape index (κ1) is 26.6. The first-order chi connectivity index (χ1) is 14.1. The molecule has 168 valence electrons. The third kappa shape index (κ3) is 8.77. The van der Waals surface area contributed by atoms with E-state index < -0.39 is 0 Å². The predicted molar refractivity (Wildman–Crippen MR) is 137 cm³/mol. The molecule has 0 bridgehead atoms. The summed E-state index contributed by atoms with van der Waals surface area (Å²) in [5, 5.41) is 7.90. The van der Waals surface area contributed by atoms with Gasteiger partial charge in [-0.05, 0) is 38.8 Å². The zero-order valence-electron chi connectivity index (χ0n) is 18.7. The molecular weight excluding hydrogens is 511 g/mol. The average molecular weight is 547 g/mol. The van der Waals surface area contributed by atoms with Gasteiger partial charge in [0.1, 0.15) is 12.4 Å². The van der Waals surface area contributed by atoms with Crippen molar-refractivity contribution in [2.24, 2.45) is 4.99 Å². The molecule has 1 aromatic carbocycles. The van der Waals surface area contributed by atoms with Crippen molar-refractivity contribution in [3.8, 4) is 5.75 Å². The Hall–Kier alpha value is -1.39. The summed E-state index contributed by atoms with van der Waals surface area (Å²) >= 11 is 1.79. The Morgan fingerprint density at radius 1 is 1.17 bits per heavy atom. The highest BCUT2D eigenvalue weighted by Crippen LogP contribution is 2.21. The summed E-state index contributed by atoms with van der Waals surface area (Å²) < 4.78 is 11.0. The van der Waals surface area contributed by atoms with Gasteiger partial charge in [0.05, 0.1) is 23.9 Å². The molecule has 0 unspecified atom stereocenters. The molecule has 1 heterocycles. The number of hydrogen-bond acceptors (Lipinski definition) is 5. The zero-order chi connectivity index (χ0) is 21.1. The first-order valence-corrected chi connectivity index (χ1v) is 11.1. The molecule has 1 aromatic heterocycles. The molecule has 0 fully saturated rings. The standard InChI is InChI=1S/C22H34N4O2S.HI/c1-6-19-17(4)29-21(26-19)10-11-24-22(23-7-2)25-15-18-9-8-16(3)14-20(18)28-13-12-27-5;/h8-9,14H,6-7,10-13,15H2,1-5H3,(H2,23,24,25);1H. The van der Waals surface area contributed by atoms with Crippen molar-refractivity contribution in [3.05, 3.63) is 44.9 Å². The first-order valence-electron chi connectivity index (χ1n) is 10.3. The van der Waals surface area contributed by atoms with Crippen LogP contribution in [0.1, 0.15) is 40.6 Å². The SMILES string of the molecule is CCNC(=NCc1ccc(C)cc1OCCOC)NCCc1nc(CC)c(C)s1.I. The Kier molecular flexibility index (Phi) is 13.0. The lowest BCUT2D eigenvalue weighted by atomic mass is 10.1. The Morgan fingerprint density at radius 2 is 1.97 bits per heavy atom. The topological polar surface area (TPSA) is 67.8 Å². The quantitative estimate of drug-likeness (QED) is 0.191. The summed E-state index contributed by atoms with van der Waals surface area (Å²) in [6.07, 6.45) is 1.89. The van der Waals surface area contributed by atoms with Crippen LogP contribution in [0.4, 0.5) is 0 Å². The normalized spacial score (nSPS) is 11.2. The maximum absolute atomic E-state index is 5.87. The van der Waals surface area contributed by atoms with E-state index in [1.165, 1.54) is 21.1 Å². The predicted octanol–water partition coefficient (Wildman–Crippen LogP) is 4.26. The van der Waals surface area contributed by atoms with Crippen LogP contribution in [0.3, 0.4) is 0 Å². The van der Waals surface area contributed by atoms with Crippen molar-refractivity contribution in [1.82, 2.24) is 15.6 Å². The summed E-state index contributed by atoms with van der Waals surface area (Å²) in [7, 11) is 1.68. The molecule has 0 spiro atoms. The van der Waals surface area contributed by atoms with E-state index in [2.05, 4.69) is 56.5 Å². The molecule has 6 nitrogen and oxygen atoms in total. The highest BCUT2D eigenvalue weighted by atomic mass is 127. The highest BCUT2D eigenvalue weighted by molar-refractivity contribution is 14.0. The van der Waals surface area contributed by atoms with E-state index in [4.69, 9.17) is 19.5 Å². The van der Waals surface area contributed by atoms with Crippen LogP contribution < -0.4 is 15.4 Å².